The van der Waals surface area contributed by atoms with Gasteiger partial charge in [0, 0.05) is 19.6 Å². The van der Waals surface area contributed by atoms with Gasteiger partial charge in [-0.2, -0.15) is 0 Å². The highest BCUT2D eigenvalue weighted by molar-refractivity contribution is 7.88. The number of aromatic carboxylic acids is 1. The zero-order valence-electron chi connectivity index (χ0n) is 13.3. The zero-order chi connectivity index (χ0) is 17.5. The van der Waals surface area contributed by atoms with E-state index < -0.39 is 16.0 Å². The number of carbonyl (C=O) groups excluding carboxylic acids is 1. The second-order valence-electron chi connectivity index (χ2n) is 5.14. The fourth-order valence-corrected chi connectivity index (χ4v) is 2.98. The predicted molar refractivity (Wildman–Crippen MR) is 86.8 cm³/mol. The Hall–Kier alpha value is -1.93. The number of carbonyl (C=O) groups is 2. The van der Waals surface area contributed by atoms with E-state index in [2.05, 4.69) is 5.32 Å². The molecule has 128 valence electrons. The number of nitrogens with one attached hydrogen (secondary N) is 1. The van der Waals surface area contributed by atoms with Crippen LogP contribution in [0.4, 0.5) is 0 Å². The Bertz CT molecular complexity index is 640. The van der Waals surface area contributed by atoms with Crippen molar-refractivity contribution in [2.45, 2.75) is 19.8 Å². The van der Waals surface area contributed by atoms with Gasteiger partial charge in [0.05, 0.1) is 18.2 Å². The van der Waals surface area contributed by atoms with Gasteiger partial charge >= 0.3 is 5.97 Å². The third-order valence-corrected chi connectivity index (χ3v) is 4.67. The number of benzene rings is 1. The van der Waals surface area contributed by atoms with E-state index >= 15 is 0 Å². The van der Waals surface area contributed by atoms with Crippen molar-refractivity contribution in [3.05, 3.63) is 35.4 Å². The second-order valence-corrected chi connectivity index (χ2v) is 7.12. The molecule has 0 aliphatic rings. The molecule has 0 aromatic heterocycles. The monoisotopic (exact) mass is 342 g/mol. The van der Waals surface area contributed by atoms with Crippen molar-refractivity contribution in [2.75, 3.05) is 25.9 Å². The molecular formula is C15H22N2O5S. The summed E-state index contributed by atoms with van der Waals surface area (Å²) >= 11 is 0. The number of nitrogens with zero attached hydrogens (tertiary/aromatic N) is 1. The normalized spacial score (nSPS) is 11.4. The van der Waals surface area contributed by atoms with E-state index in [1.165, 1.54) is 16.4 Å². The van der Waals surface area contributed by atoms with Crippen molar-refractivity contribution in [3.8, 4) is 0 Å². The first kappa shape index (κ1) is 19.1. The molecule has 8 heteroatoms. The Balaban J connectivity index is 2.36. The van der Waals surface area contributed by atoms with Gasteiger partial charge in [-0.25, -0.2) is 17.5 Å². The minimum Gasteiger partial charge on any atom is -0.478 e. The summed E-state index contributed by atoms with van der Waals surface area (Å²) < 4.78 is 24.2. The number of hydrogen-bond acceptors (Lipinski definition) is 4. The maximum atomic E-state index is 11.8. The fraction of sp³-hybridized carbons (Fsp3) is 0.467. The summed E-state index contributed by atoms with van der Waals surface area (Å²) in [6.07, 6.45) is 1.85. The number of rotatable bonds is 9. The number of amides is 1. The molecule has 2 N–H and O–H groups in total. The molecular weight excluding hydrogens is 320 g/mol. The van der Waals surface area contributed by atoms with Gasteiger partial charge in [0.25, 0.3) is 0 Å². The molecule has 0 bridgehead atoms. The Morgan fingerprint density at radius 2 is 1.83 bits per heavy atom. The van der Waals surface area contributed by atoms with Crippen molar-refractivity contribution in [3.63, 3.8) is 0 Å². The maximum Gasteiger partial charge on any atom is 0.335 e. The zero-order valence-corrected chi connectivity index (χ0v) is 14.1. The highest BCUT2D eigenvalue weighted by atomic mass is 32.2. The van der Waals surface area contributed by atoms with Crippen molar-refractivity contribution in [2.24, 2.45) is 0 Å². The summed E-state index contributed by atoms with van der Waals surface area (Å²) in [4.78, 5) is 22.5. The molecule has 0 unspecified atom stereocenters. The number of carboxylic acids is 1. The van der Waals surface area contributed by atoms with Crippen LogP contribution in [0.3, 0.4) is 0 Å². The van der Waals surface area contributed by atoms with E-state index in [4.69, 9.17) is 5.11 Å². The lowest BCUT2D eigenvalue weighted by Gasteiger charge is -2.17. The first-order chi connectivity index (χ1) is 10.7. The standard InChI is InChI=1S/C15H22N2O5S/c1-3-17(23(2,21)22)10-4-9-16-14(18)11-12-5-7-13(8-6-12)15(19)20/h5-8H,3-4,9-11H2,1-2H3,(H,16,18)(H,19,20). The molecule has 0 aliphatic carbocycles. The largest absolute Gasteiger partial charge is 0.478 e. The molecule has 0 aliphatic heterocycles. The lowest BCUT2D eigenvalue weighted by Crippen LogP contribution is -2.33. The van der Waals surface area contributed by atoms with E-state index in [9.17, 15) is 18.0 Å². The smallest absolute Gasteiger partial charge is 0.335 e. The average Bonchev–Trinajstić information content (AvgIpc) is 2.46. The minimum atomic E-state index is -3.20. The van der Waals surface area contributed by atoms with Crippen LogP contribution in [0.2, 0.25) is 0 Å². The van der Waals surface area contributed by atoms with Crippen molar-refractivity contribution in [1.29, 1.82) is 0 Å². The first-order valence-corrected chi connectivity index (χ1v) is 9.13. The van der Waals surface area contributed by atoms with Crippen molar-refractivity contribution < 1.29 is 23.1 Å². The van der Waals surface area contributed by atoms with E-state index in [1.54, 1.807) is 19.1 Å². The van der Waals surface area contributed by atoms with Gasteiger partial charge in [0.2, 0.25) is 15.9 Å². The van der Waals surface area contributed by atoms with Crippen LogP contribution >= 0.6 is 0 Å². The van der Waals surface area contributed by atoms with Crippen molar-refractivity contribution in [1.82, 2.24) is 9.62 Å². The van der Waals surface area contributed by atoms with E-state index in [-0.39, 0.29) is 17.9 Å². The molecule has 0 fully saturated rings. The summed E-state index contributed by atoms with van der Waals surface area (Å²) in [6.45, 7) is 2.92. The summed E-state index contributed by atoms with van der Waals surface area (Å²) in [5, 5.41) is 11.5. The highest BCUT2D eigenvalue weighted by Crippen LogP contribution is 2.05. The van der Waals surface area contributed by atoms with Gasteiger partial charge in [-0.05, 0) is 24.1 Å². The second kappa shape index (κ2) is 8.64. The van der Waals surface area contributed by atoms with Gasteiger partial charge in [-0.15, -0.1) is 0 Å². The van der Waals surface area contributed by atoms with Crippen LogP contribution in [0.15, 0.2) is 24.3 Å². The number of hydrogen-bond donors (Lipinski definition) is 2. The van der Waals surface area contributed by atoms with Crippen LogP contribution in [0.5, 0.6) is 0 Å². The van der Waals surface area contributed by atoms with E-state index in [1.807, 2.05) is 0 Å². The average molecular weight is 342 g/mol. The van der Waals surface area contributed by atoms with Gasteiger partial charge in [0.1, 0.15) is 0 Å². The lowest BCUT2D eigenvalue weighted by molar-refractivity contribution is -0.120. The molecule has 7 nitrogen and oxygen atoms in total. The van der Waals surface area contributed by atoms with Crippen molar-refractivity contribution >= 4 is 21.9 Å². The van der Waals surface area contributed by atoms with Crippen LogP contribution in [0.25, 0.3) is 0 Å². The molecule has 23 heavy (non-hydrogen) atoms. The Morgan fingerprint density at radius 3 is 2.30 bits per heavy atom. The SMILES string of the molecule is CCN(CCCNC(=O)Cc1ccc(C(=O)O)cc1)S(C)(=O)=O. The molecule has 1 amide bonds. The van der Waals surface area contributed by atoms with Gasteiger partial charge < -0.3 is 10.4 Å². The number of carboxylic acid groups (broad SMARTS) is 1. The summed E-state index contributed by atoms with van der Waals surface area (Å²) in [7, 11) is -3.20. The maximum absolute atomic E-state index is 11.8. The van der Waals surface area contributed by atoms with Gasteiger partial charge in [0.15, 0.2) is 0 Å². The quantitative estimate of drug-likeness (QED) is 0.644. The molecule has 0 saturated carbocycles. The van der Waals surface area contributed by atoms with Crippen LogP contribution in [-0.2, 0) is 21.2 Å². The number of sulfonamides is 1. The summed E-state index contributed by atoms with van der Waals surface area (Å²) in [6, 6.07) is 6.11. The molecule has 1 aromatic carbocycles. The molecule has 0 atom stereocenters. The molecule has 1 aromatic rings. The Labute approximate surface area is 136 Å². The van der Waals surface area contributed by atoms with Crippen LogP contribution in [0, 0.1) is 0 Å². The molecule has 0 heterocycles. The highest BCUT2D eigenvalue weighted by Gasteiger charge is 2.13. The summed E-state index contributed by atoms with van der Waals surface area (Å²) in [5.41, 5.74) is 0.897. The molecule has 0 radical (unpaired) electrons. The van der Waals surface area contributed by atoms with Crippen LogP contribution < -0.4 is 5.32 Å². The summed E-state index contributed by atoms with van der Waals surface area (Å²) in [5.74, 6) is -1.19. The third kappa shape index (κ3) is 6.79. The lowest BCUT2D eigenvalue weighted by atomic mass is 10.1. The third-order valence-electron chi connectivity index (χ3n) is 3.29. The van der Waals surface area contributed by atoms with Crippen LogP contribution in [0.1, 0.15) is 29.3 Å². The molecule has 1 rings (SSSR count). The minimum absolute atomic E-state index is 0.156. The van der Waals surface area contributed by atoms with E-state index in [0.717, 1.165) is 11.8 Å². The molecule has 0 saturated heterocycles. The van der Waals surface area contributed by atoms with E-state index in [0.29, 0.717) is 26.1 Å². The topological polar surface area (TPSA) is 104 Å². The Morgan fingerprint density at radius 1 is 1.22 bits per heavy atom. The Kier molecular flexibility index (Phi) is 7.18. The molecule has 0 spiro atoms. The predicted octanol–water partition coefficient (Wildman–Crippen LogP) is 0.715. The fourth-order valence-electron chi connectivity index (χ4n) is 2.05. The van der Waals surface area contributed by atoms with Gasteiger partial charge in [-0.3, -0.25) is 4.79 Å². The first-order valence-electron chi connectivity index (χ1n) is 7.28. The van der Waals surface area contributed by atoms with Gasteiger partial charge in [-0.1, -0.05) is 19.1 Å². The van der Waals surface area contributed by atoms with Crippen LogP contribution in [-0.4, -0.2) is 55.6 Å².